The van der Waals surface area contributed by atoms with Gasteiger partial charge in [-0.25, -0.2) is 8.78 Å². The van der Waals surface area contributed by atoms with Crippen molar-refractivity contribution < 1.29 is 18.4 Å². The molecule has 1 heterocycles. The maximum Gasteiger partial charge on any atom is 0.249 e. The predicted octanol–water partition coefficient (Wildman–Crippen LogP) is 2.50. The van der Waals surface area contributed by atoms with Crippen molar-refractivity contribution in [2.75, 3.05) is 11.9 Å². The van der Waals surface area contributed by atoms with Crippen molar-refractivity contribution in [3.05, 3.63) is 28.8 Å². The maximum absolute atomic E-state index is 13.9. The van der Waals surface area contributed by atoms with Gasteiger partial charge in [0.25, 0.3) is 0 Å². The van der Waals surface area contributed by atoms with E-state index in [2.05, 4.69) is 5.32 Å². The molecule has 1 aliphatic heterocycles. The second kappa shape index (κ2) is 5.50. The molecule has 0 radical (unpaired) electrons. The minimum atomic E-state index is -0.881. The lowest BCUT2D eigenvalue weighted by molar-refractivity contribution is -0.125. The van der Waals surface area contributed by atoms with Gasteiger partial charge in [0.05, 0.1) is 10.7 Å². The van der Waals surface area contributed by atoms with Gasteiger partial charge in [0.1, 0.15) is 17.7 Å². The first-order valence-electron chi connectivity index (χ1n) is 7.12. The van der Waals surface area contributed by atoms with Crippen LogP contribution in [0.3, 0.4) is 0 Å². The molecule has 118 valence electrons. The van der Waals surface area contributed by atoms with Crippen LogP contribution in [0.5, 0.6) is 0 Å². The number of likely N-dealkylation sites (N-methyl/N-ethyl adjacent to an activating group) is 1. The topological polar surface area (TPSA) is 49.4 Å². The monoisotopic (exact) mass is 328 g/mol. The van der Waals surface area contributed by atoms with Gasteiger partial charge in [-0.05, 0) is 24.8 Å². The molecule has 4 nitrogen and oxygen atoms in total. The number of carbonyl (C=O) groups is 2. The van der Waals surface area contributed by atoms with E-state index in [9.17, 15) is 18.4 Å². The van der Waals surface area contributed by atoms with E-state index in [1.54, 1.807) is 0 Å². The van der Waals surface area contributed by atoms with Crippen LogP contribution in [0.1, 0.15) is 19.3 Å². The fourth-order valence-corrected chi connectivity index (χ4v) is 3.58. The first kappa shape index (κ1) is 15.2. The molecule has 2 amide bonds. The molecule has 0 aromatic heterocycles. The second-order valence-corrected chi connectivity index (χ2v) is 6.21. The van der Waals surface area contributed by atoms with Gasteiger partial charge < -0.3 is 10.2 Å². The van der Waals surface area contributed by atoms with Crippen molar-refractivity contribution in [2.24, 2.45) is 11.8 Å². The Morgan fingerprint density at radius 3 is 2.77 bits per heavy atom. The highest BCUT2D eigenvalue weighted by Gasteiger charge is 2.48. The summed E-state index contributed by atoms with van der Waals surface area (Å²) in [7, 11) is 1.39. The Morgan fingerprint density at radius 1 is 1.32 bits per heavy atom. The SMILES string of the molecule is CN(C(=O)[C@H]1NC(=O)C2CCC[C@@H]21)c1cc(Cl)c(F)cc1F. The van der Waals surface area contributed by atoms with Crippen LogP contribution in [0, 0.1) is 23.5 Å². The number of nitrogens with one attached hydrogen (secondary N) is 1. The molecule has 1 N–H and O–H groups in total. The molecule has 3 rings (SSSR count). The van der Waals surface area contributed by atoms with Gasteiger partial charge in [-0.15, -0.1) is 0 Å². The number of anilines is 1. The summed E-state index contributed by atoms with van der Waals surface area (Å²) >= 11 is 5.66. The highest BCUT2D eigenvalue weighted by atomic mass is 35.5. The van der Waals surface area contributed by atoms with Crippen LogP contribution >= 0.6 is 11.6 Å². The lowest BCUT2D eigenvalue weighted by Crippen LogP contribution is -2.45. The summed E-state index contributed by atoms with van der Waals surface area (Å²) in [6.07, 6.45) is 2.48. The highest BCUT2D eigenvalue weighted by Crippen LogP contribution is 2.39. The van der Waals surface area contributed by atoms with Crippen LogP contribution in [-0.4, -0.2) is 24.9 Å². The Kier molecular flexibility index (Phi) is 3.80. The zero-order valence-electron chi connectivity index (χ0n) is 11.9. The quantitative estimate of drug-likeness (QED) is 0.848. The van der Waals surface area contributed by atoms with E-state index >= 15 is 0 Å². The van der Waals surface area contributed by atoms with Crippen LogP contribution in [0.4, 0.5) is 14.5 Å². The van der Waals surface area contributed by atoms with E-state index in [1.807, 2.05) is 0 Å². The van der Waals surface area contributed by atoms with E-state index in [4.69, 9.17) is 11.6 Å². The number of fused-ring (bicyclic) bond motifs is 1. The fourth-order valence-electron chi connectivity index (χ4n) is 3.42. The van der Waals surface area contributed by atoms with Crippen molar-refractivity contribution in [2.45, 2.75) is 25.3 Å². The summed E-state index contributed by atoms with van der Waals surface area (Å²) in [6, 6.07) is 1.06. The summed E-state index contributed by atoms with van der Waals surface area (Å²) in [6.45, 7) is 0. The normalized spacial score (nSPS) is 26.7. The first-order valence-corrected chi connectivity index (χ1v) is 7.50. The van der Waals surface area contributed by atoms with Gasteiger partial charge in [-0.3, -0.25) is 9.59 Å². The molecule has 2 aliphatic rings. The standard InChI is InChI=1S/C15H15ClF2N2O2/c1-20(12-5-9(16)10(17)6-11(12)18)15(22)13-7-3-2-4-8(7)14(21)19-13/h5-8,13H,2-4H2,1H3,(H,19,21)/t7-,8?,13-/m0/s1. The summed E-state index contributed by atoms with van der Waals surface area (Å²) in [5.41, 5.74) is -0.105. The van der Waals surface area contributed by atoms with Crippen molar-refractivity contribution >= 4 is 29.1 Å². The van der Waals surface area contributed by atoms with Gasteiger partial charge in [0, 0.05) is 19.0 Å². The molecule has 1 saturated heterocycles. The lowest BCUT2D eigenvalue weighted by atomic mass is 9.93. The van der Waals surface area contributed by atoms with Crippen molar-refractivity contribution in [1.29, 1.82) is 0 Å². The third-order valence-electron chi connectivity index (χ3n) is 4.58. The minimum absolute atomic E-state index is 0.0542. The maximum atomic E-state index is 13.9. The molecule has 22 heavy (non-hydrogen) atoms. The summed E-state index contributed by atoms with van der Waals surface area (Å²) in [5, 5.41) is 2.43. The Hall–Kier alpha value is -1.69. The highest BCUT2D eigenvalue weighted by molar-refractivity contribution is 6.31. The lowest BCUT2D eigenvalue weighted by Gasteiger charge is -2.24. The van der Waals surface area contributed by atoms with Gasteiger partial charge >= 0.3 is 0 Å². The number of hydrogen-bond donors (Lipinski definition) is 1. The van der Waals surface area contributed by atoms with Gasteiger partial charge in [0.2, 0.25) is 11.8 Å². The van der Waals surface area contributed by atoms with Crippen LogP contribution in [0.2, 0.25) is 5.02 Å². The van der Waals surface area contributed by atoms with E-state index < -0.39 is 23.6 Å². The van der Waals surface area contributed by atoms with Crippen molar-refractivity contribution in [3.63, 3.8) is 0 Å². The molecular formula is C15H15ClF2N2O2. The fraction of sp³-hybridized carbons (Fsp3) is 0.467. The molecule has 0 spiro atoms. The molecular weight excluding hydrogens is 314 g/mol. The zero-order chi connectivity index (χ0) is 16.0. The average molecular weight is 329 g/mol. The predicted molar refractivity (Wildman–Crippen MR) is 77.5 cm³/mol. The Labute approximate surface area is 131 Å². The molecule has 1 aromatic carbocycles. The summed E-state index contributed by atoms with van der Waals surface area (Å²) in [5.74, 6) is -2.47. The van der Waals surface area contributed by atoms with E-state index in [0.717, 1.165) is 30.2 Å². The number of amides is 2. The minimum Gasteiger partial charge on any atom is -0.344 e. The average Bonchev–Trinajstić information content (AvgIpc) is 3.06. The van der Waals surface area contributed by atoms with Crippen LogP contribution in [0.25, 0.3) is 0 Å². The second-order valence-electron chi connectivity index (χ2n) is 5.80. The molecule has 3 atom stereocenters. The molecule has 2 fully saturated rings. The molecule has 1 aliphatic carbocycles. The Balaban J connectivity index is 1.86. The molecule has 1 unspecified atom stereocenters. The van der Waals surface area contributed by atoms with E-state index in [-0.39, 0.29) is 28.5 Å². The van der Waals surface area contributed by atoms with Crippen molar-refractivity contribution in [3.8, 4) is 0 Å². The number of hydrogen-bond acceptors (Lipinski definition) is 2. The first-order chi connectivity index (χ1) is 10.4. The van der Waals surface area contributed by atoms with E-state index in [1.165, 1.54) is 7.05 Å². The Morgan fingerprint density at radius 2 is 2.05 bits per heavy atom. The molecule has 0 bridgehead atoms. The van der Waals surface area contributed by atoms with Gasteiger partial charge in [-0.1, -0.05) is 18.0 Å². The van der Waals surface area contributed by atoms with Crippen LogP contribution < -0.4 is 10.2 Å². The van der Waals surface area contributed by atoms with Crippen LogP contribution in [-0.2, 0) is 9.59 Å². The van der Waals surface area contributed by atoms with E-state index in [0.29, 0.717) is 6.07 Å². The van der Waals surface area contributed by atoms with Gasteiger partial charge in [0.15, 0.2) is 0 Å². The largest absolute Gasteiger partial charge is 0.344 e. The van der Waals surface area contributed by atoms with Crippen molar-refractivity contribution in [1.82, 2.24) is 5.32 Å². The number of halogens is 3. The Bertz CT molecular complexity index is 653. The van der Waals surface area contributed by atoms with Crippen LogP contribution in [0.15, 0.2) is 12.1 Å². The summed E-state index contributed by atoms with van der Waals surface area (Å²) < 4.78 is 27.1. The molecule has 1 saturated carbocycles. The smallest absolute Gasteiger partial charge is 0.249 e. The third kappa shape index (κ3) is 2.35. The zero-order valence-corrected chi connectivity index (χ0v) is 12.7. The molecule has 1 aromatic rings. The molecule has 7 heteroatoms. The number of nitrogens with zero attached hydrogens (tertiary/aromatic N) is 1. The summed E-state index contributed by atoms with van der Waals surface area (Å²) in [4.78, 5) is 25.5. The number of carbonyl (C=O) groups excluding carboxylic acids is 2. The number of benzene rings is 1. The third-order valence-corrected chi connectivity index (χ3v) is 4.87. The van der Waals surface area contributed by atoms with Gasteiger partial charge in [-0.2, -0.15) is 0 Å². The number of rotatable bonds is 2.